The lowest BCUT2D eigenvalue weighted by atomic mass is 10.1. The second-order valence-corrected chi connectivity index (χ2v) is 5.16. The van der Waals surface area contributed by atoms with Crippen molar-refractivity contribution in [3.05, 3.63) is 21.9 Å². The van der Waals surface area contributed by atoms with E-state index in [9.17, 15) is 0 Å². The Morgan fingerprint density at radius 1 is 1.43 bits per heavy atom. The largest absolute Gasteiger partial charge is 0.394 e. The van der Waals surface area contributed by atoms with Crippen LogP contribution in [0.2, 0.25) is 0 Å². The molecule has 0 spiro atoms. The minimum absolute atomic E-state index is 0.0462. The summed E-state index contributed by atoms with van der Waals surface area (Å²) in [6.45, 7) is 0.0462. The molecule has 1 aliphatic rings. The number of nitrogens with two attached hydrogens (primary N) is 1. The molecule has 3 heteroatoms. The van der Waals surface area contributed by atoms with Crippen molar-refractivity contribution < 1.29 is 5.11 Å². The zero-order valence-electron chi connectivity index (χ0n) is 8.28. The normalized spacial score (nSPS) is 20.1. The van der Waals surface area contributed by atoms with Crippen LogP contribution in [0.25, 0.3) is 0 Å². The Morgan fingerprint density at radius 3 is 2.79 bits per heavy atom. The Hall–Kier alpha value is -0.380. The molecule has 1 saturated carbocycles. The van der Waals surface area contributed by atoms with Crippen molar-refractivity contribution in [2.45, 2.75) is 37.6 Å². The van der Waals surface area contributed by atoms with Crippen LogP contribution >= 0.6 is 11.3 Å². The van der Waals surface area contributed by atoms with E-state index >= 15 is 0 Å². The minimum Gasteiger partial charge on any atom is -0.394 e. The summed E-state index contributed by atoms with van der Waals surface area (Å²) in [5.41, 5.74) is 5.77. The smallest absolute Gasteiger partial charge is 0.0632 e. The second-order valence-electron chi connectivity index (χ2n) is 4.01. The fourth-order valence-electron chi connectivity index (χ4n) is 2.09. The maximum absolute atomic E-state index is 8.94. The Bertz CT molecular complexity index is 291. The summed E-state index contributed by atoms with van der Waals surface area (Å²) in [6, 6.07) is 4.07. The Labute approximate surface area is 88.8 Å². The quantitative estimate of drug-likeness (QED) is 0.806. The number of hydrogen-bond donors (Lipinski definition) is 2. The van der Waals surface area contributed by atoms with Gasteiger partial charge in [-0.25, -0.2) is 0 Å². The van der Waals surface area contributed by atoms with Crippen molar-refractivity contribution in [1.29, 1.82) is 0 Å². The summed E-state index contributed by atoms with van der Waals surface area (Å²) in [4.78, 5) is 2.58. The summed E-state index contributed by atoms with van der Waals surface area (Å²) < 4.78 is 0. The van der Waals surface area contributed by atoms with Crippen LogP contribution in [-0.2, 0) is 0 Å². The minimum atomic E-state index is -0.185. The van der Waals surface area contributed by atoms with E-state index in [4.69, 9.17) is 10.8 Å². The number of hydrogen-bond acceptors (Lipinski definition) is 3. The zero-order chi connectivity index (χ0) is 9.97. The van der Waals surface area contributed by atoms with Gasteiger partial charge in [0.2, 0.25) is 0 Å². The van der Waals surface area contributed by atoms with Gasteiger partial charge in [-0.15, -0.1) is 11.3 Å². The molecule has 0 saturated heterocycles. The molecule has 2 rings (SSSR count). The van der Waals surface area contributed by atoms with Gasteiger partial charge in [0.1, 0.15) is 0 Å². The van der Waals surface area contributed by atoms with E-state index < -0.39 is 0 Å². The van der Waals surface area contributed by atoms with Crippen LogP contribution in [0.15, 0.2) is 12.1 Å². The Morgan fingerprint density at radius 2 is 2.14 bits per heavy atom. The first kappa shape index (κ1) is 10.1. The average molecular weight is 211 g/mol. The molecular formula is C11H17NOS. The molecule has 0 aliphatic heterocycles. The highest BCUT2D eigenvalue weighted by molar-refractivity contribution is 7.12. The maximum Gasteiger partial charge on any atom is 0.0632 e. The maximum atomic E-state index is 8.94. The molecule has 1 aliphatic carbocycles. The predicted molar refractivity (Wildman–Crippen MR) is 59.5 cm³/mol. The number of thiophene rings is 1. The van der Waals surface area contributed by atoms with Crippen LogP contribution in [0.3, 0.4) is 0 Å². The van der Waals surface area contributed by atoms with Gasteiger partial charge in [-0.05, 0) is 30.9 Å². The molecule has 0 bridgehead atoms. The number of aliphatic hydroxyl groups excluding tert-OH is 1. The standard InChI is InChI=1S/C11H17NOS/c12-9(7-13)11-6-5-10(14-11)8-3-1-2-4-8/h5-6,8-9,13H,1-4,7,12H2. The lowest BCUT2D eigenvalue weighted by Gasteiger charge is -2.06. The Kier molecular flexibility index (Phi) is 3.21. The highest BCUT2D eigenvalue weighted by Gasteiger charge is 2.19. The molecule has 78 valence electrons. The van der Waals surface area contributed by atoms with Crippen molar-refractivity contribution in [1.82, 2.24) is 0 Å². The summed E-state index contributed by atoms with van der Waals surface area (Å²) in [5, 5.41) is 8.94. The van der Waals surface area contributed by atoms with Crippen molar-refractivity contribution in [3.8, 4) is 0 Å². The van der Waals surface area contributed by atoms with Crippen LogP contribution < -0.4 is 5.73 Å². The van der Waals surface area contributed by atoms with E-state index in [1.165, 1.54) is 30.6 Å². The molecule has 1 atom stereocenters. The zero-order valence-corrected chi connectivity index (χ0v) is 9.09. The van der Waals surface area contributed by atoms with E-state index in [1.54, 1.807) is 11.3 Å². The topological polar surface area (TPSA) is 46.2 Å². The van der Waals surface area contributed by atoms with Crippen LogP contribution in [0.1, 0.15) is 47.4 Å². The van der Waals surface area contributed by atoms with E-state index in [0.29, 0.717) is 0 Å². The van der Waals surface area contributed by atoms with E-state index in [1.807, 2.05) is 0 Å². The molecule has 1 aromatic rings. The first-order valence-electron chi connectivity index (χ1n) is 5.27. The molecular weight excluding hydrogens is 194 g/mol. The number of aliphatic hydroxyl groups is 1. The van der Waals surface area contributed by atoms with Crippen LogP contribution in [0, 0.1) is 0 Å². The summed E-state index contributed by atoms with van der Waals surface area (Å²) in [7, 11) is 0. The van der Waals surface area contributed by atoms with Crippen molar-refractivity contribution >= 4 is 11.3 Å². The fourth-order valence-corrected chi connectivity index (χ4v) is 3.26. The van der Waals surface area contributed by atoms with Crippen LogP contribution in [0.5, 0.6) is 0 Å². The van der Waals surface area contributed by atoms with Gasteiger partial charge >= 0.3 is 0 Å². The van der Waals surface area contributed by atoms with Gasteiger partial charge in [0.15, 0.2) is 0 Å². The molecule has 14 heavy (non-hydrogen) atoms. The number of rotatable bonds is 3. The lowest BCUT2D eigenvalue weighted by molar-refractivity contribution is 0.269. The van der Waals surface area contributed by atoms with Crippen molar-refractivity contribution in [3.63, 3.8) is 0 Å². The monoisotopic (exact) mass is 211 g/mol. The van der Waals surface area contributed by atoms with Gasteiger partial charge in [0.25, 0.3) is 0 Å². The third kappa shape index (κ3) is 2.00. The van der Waals surface area contributed by atoms with E-state index in [2.05, 4.69) is 12.1 Å². The van der Waals surface area contributed by atoms with E-state index in [0.717, 1.165) is 10.8 Å². The lowest BCUT2D eigenvalue weighted by Crippen LogP contribution is -2.12. The predicted octanol–water partition coefficient (Wildman–Crippen LogP) is 2.40. The van der Waals surface area contributed by atoms with Crippen molar-refractivity contribution in [2.75, 3.05) is 6.61 Å². The molecule has 1 aromatic heterocycles. The van der Waals surface area contributed by atoms with Crippen LogP contribution in [-0.4, -0.2) is 11.7 Å². The summed E-state index contributed by atoms with van der Waals surface area (Å²) >= 11 is 1.78. The molecule has 3 N–H and O–H groups in total. The average Bonchev–Trinajstić information content (AvgIpc) is 2.86. The van der Waals surface area contributed by atoms with Crippen LogP contribution in [0.4, 0.5) is 0 Å². The fraction of sp³-hybridized carbons (Fsp3) is 0.636. The molecule has 1 heterocycles. The third-order valence-corrected chi connectivity index (χ3v) is 4.35. The first-order valence-corrected chi connectivity index (χ1v) is 6.09. The molecule has 0 aromatic carbocycles. The van der Waals surface area contributed by atoms with E-state index in [-0.39, 0.29) is 12.6 Å². The summed E-state index contributed by atoms with van der Waals surface area (Å²) in [5.74, 6) is 0.764. The van der Waals surface area contributed by atoms with Gasteiger partial charge in [-0.1, -0.05) is 12.8 Å². The summed E-state index contributed by atoms with van der Waals surface area (Å²) in [6.07, 6.45) is 5.39. The van der Waals surface area contributed by atoms with Crippen molar-refractivity contribution in [2.24, 2.45) is 5.73 Å². The molecule has 1 unspecified atom stereocenters. The second kappa shape index (κ2) is 4.43. The molecule has 1 fully saturated rings. The van der Waals surface area contributed by atoms with Gasteiger partial charge in [0, 0.05) is 9.75 Å². The van der Waals surface area contributed by atoms with Gasteiger partial charge < -0.3 is 10.8 Å². The highest BCUT2D eigenvalue weighted by atomic mass is 32.1. The highest BCUT2D eigenvalue weighted by Crippen LogP contribution is 2.38. The molecule has 0 amide bonds. The molecule has 2 nitrogen and oxygen atoms in total. The SMILES string of the molecule is NC(CO)c1ccc(C2CCCC2)s1. The third-order valence-electron chi connectivity index (χ3n) is 2.97. The van der Waals surface area contributed by atoms with Gasteiger partial charge in [-0.2, -0.15) is 0 Å². The first-order chi connectivity index (χ1) is 6.81. The Balaban J connectivity index is 2.08. The van der Waals surface area contributed by atoms with Gasteiger partial charge in [-0.3, -0.25) is 0 Å². The van der Waals surface area contributed by atoms with Gasteiger partial charge in [0.05, 0.1) is 12.6 Å². The molecule has 0 radical (unpaired) electrons.